The van der Waals surface area contributed by atoms with Gasteiger partial charge in [-0.1, -0.05) is 19.4 Å². The number of aryl methyl sites for hydroxylation is 1. The number of aliphatic hydroxyl groups excluding tert-OH is 2. The number of aromatic hydroxyl groups is 1. The smallest absolute Gasteiger partial charge is 0.227 e. The second-order valence-electron chi connectivity index (χ2n) is 8.00. The van der Waals surface area contributed by atoms with E-state index in [-0.39, 0.29) is 24.4 Å². The van der Waals surface area contributed by atoms with Gasteiger partial charge in [0, 0.05) is 24.6 Å². The Kier molecular flexibility index (Phi) is 7.79. The molecule has 2 heterocycles. The average Bonchev–Trinajstić information content (AvgIpc) is 3.28. The Balaban J connectivity index is 1.45. The fraction of sp³-hybridized carbons (Fsp3) is 0.478. The van der Waals surface area contributed by atoms with Crippen molar-refractivity contribution in [2.24, 2.45) is 4.99 Å². The molecule has 1 unspecified atom stereocenters. The maximum Gasteiger partial charge on any atom is 0.227 e. The first-order chi connectivity index (χ1) is 14.4. The highest BCUT2D eigenvalue weighted by Crippen LogP contribution is 2.27. The fourth-order valence-electron chi connectivity index (χ4n) is 3.73. The number of benzene rings is 1. The van der Waals surface area contributed by atoms with Gasteiger partial charge in [-0.2, -0.15) is 0 Å². The molecule has 7 heteroatoms. The molecule has 0 radical (unpaired) electrons. The predicted octanol–water partition coefficient (Wildman–Crippen LogP) is 1.28. The van der Waals surface area contributed by atoms with Gasteiger partial charge in [-0.3, -0.25) is 14.7 Å². The van der Waals surface area contributed by atoms with Gasteiger partial charge in [0.1, 0.15) is 24.2 Å². The van der Waals surface area contributed by atoms with E-state index in [1.165, 1.54) is 5.57 Å². The van der Waals surface area contributed by atoms with Crippen LogP contribution in [0.5, 0.6) is 11.5 Å². The molecule has 3 rings (SSSR count). The molecule has 0 aromatic heterocycles. The minimum absolute atomic E-state index is 0.0461. The molecule has 162 valence electrons. The van der Waals surface area contributed by atoms with Crippen LogP contribution in [0.1, 0.15) is 44.6 Å². The van der Waals surface area contributed by atoms with Gasteiger partial charge in [0.15, 0.2) is 11.5 Å². The van der Waals surface area contributed by atoms with E-state index in [1.54, 1.807) is 24.4 Å². The number of ketones is 1. The Morgan fingerprint density at radius 1 is 1.30 bits per heavy atom. The maximum absolute atomic E-state index is 12.2. The third-order valence-corrected chi connectivity index (χ3v) is 5.34. The van der Waals surface area contributed by atoms with Crippen molar-refractivity contribution in [3.8, 4) is 11.5 Å². The standard InChI is InChI=1S/C23H30N2O5/c1-2-3-18(26)11-20(28)12-19(27)6-4-16-5-7-22(29)23(10-16)30-15-25-13-17-8-9-24-21(17)14-25/h5,7-10,14,18,20,26,28-29H,2-4,6,11-13,15H2,1H3/p+1/t18-,20+/m0/s1. The second-order valence-corrected chi connectivity index (χ2v) is 8.00. The van der Waals surface area contributed by atoms with E-state index in [2.05, 4.69) is 4.99 Å². The van der Waals surface area contributed by atoms with Crippen LogP contribution >= 0.6 is 0 Å². The zero-order valence-electron chi connectivity index (χ0n) is 17.4. The Labute approximate surface area is 177 Å². The fourth-order valence-corrected chi connectivity index (χ4v) is 3.73. The normalized spacial score (nSPS) is 19.2. The zero-order valence-corrected chi connectivity index (χ0v) is 17.4. The first kappa shape index (κ1) is 22.2. The number of Topliss-reactive ketones (excluding diaryl/α,β-unsaturated/α-hetero) is 1. The highest BCUT2D eigenvalue weighted by atomic mass is 16.5. The van der Waals surface area contributed by atoms with Crippen molar-refractivity contribution in [3.05, 3.63) is 47.3 Å². The number of nitrogens with one attached hydrogen (secondary N) is 1. The highest BCUT2D eigenvalue weighted by molar-refractivity contribution is 5.80. The lowest BCUT2D eigenvalue weighted by atomic mass is 10.00. The summed E-state index contributed by atoms with van der Waals surface area (Å²) in [6.45, 7) is 3.15. The number of carbonyl (C=O) groups excluding carboxylic acids is 1. The summed E-state index contributed by atoms with van der Waals surface area (Å²) in [5.41, 5.74) is 3.06. The summed E-state index contributed by atoms with van der Waals surface area (Å²) in [6.07, 6.45) is 6.97. The SMILES string of the molecule is CCC[C@H](O)C[C@@H](O)CC(=O)CCc1ccc(O)c(OC[NH+]2C=C3N=CC=C3C2)c1. The van der Waals surface area contributed by atoms with Crippen molar-refractivity contribution >= 4 is 12.0 Å². The first-order valence-electron chi connectivity index (χ1n) is 10.6. The van der Waals surface area contributed by atoms with Crippen LogP contribution in [0, 0.1) is 0 Å². The minimum atomic E-state index is -0.811. The van der Waals surface area contributed by atoms with Crippen molar-refractivity contribution in [3.63, 3.8) is 0 Å². The number of rotatable bonds is 12. The molecule has 1 aromatic carbocycles. The summed E-state index contributed by atoms with van der Waals surface area (Å²) >= 11 is 0. The topological polar surface area (TPSA) is 104 Å². The van der Waals surface area contributed by atoms with E-state index in [4.69, 9.17) is 4.74 Å². The third-order valence-electron chi connectivity index (χ3n) is 5.34. The van der Waals surface area contributed by atoms with E-state index in [0.29, 0.717) is 31.7 Å². The van der Waals surface area contributed by atoms with Crippen molar-refractivity contribution in [2.45, 2.75) is 57.7 Å². The average molecular weight is 416 g/mol. The molecular weight excluding hydrogens is 384 g/mol. The van der Waals surface area contributed by atoms with Crippen LogP contribution in [0.2, 0.25) is 0 Å². The molecule has 30 heavy (non-hydrogen) atoms. The molecule has 0 bridgehead atoms. The van der Waals surface area contributed by atoms with Crippen molar-refractivity contribution in [2.75, 3.05) is 13.3 Å². The minimum Gasteiger partial charge on any atom is -0.504 e. The summed E-state index contributed by atoms with van der Waals surface area (Å²) in [5, 5.41) is 29.8. The molecule has 0 saturated heterocycles. The lowest BCUT2D eigenvalue weighted by molar-refractivity contribution is -0.854. The Morgan fingerprint density at radius 2 is 2.13 bits per heavy atom. The van der Waals surface area contributed by atoms with Crippen molar-refractivity contribution in [1.82, 2.24) is 0 Å². The maximum atomic E-state index is 12.2. The summed E-state index contributed by atoms with van der Waals surface area (Å²) in [7, 11) is 0. The molecule has 0 amide bonds. The van der Waals surface area contributed by atoms with Gasteiger partial charge in [-0.25, -0.2) is 0 Å². The number of ether oxygens (including phenoxy) is 1. The number of carbonyl (C=O) groups is 1. The first-order valence-corrected chi connectivity index (χ1v) is 10.6. The predicted molar refractivity (Wildman–Crippen MR) is 114 cm³/mol. The van der Waals surface area contributed by atoms with Crippen LogP contribution in [0.15, 0.2) is 46.7 Å². The Hall–Kier alpha value is -2.48. The largest absolute Gasteiger partial charge is 0.504 e. The van der Waals surface area contributed by atoms with Crippen molar-refractivity contribution < 1.29 is 29.8 Å². The van der Waals surface area contributed by atoms with Crippen LogP contribution in [0.3, 0.4) is 0 Å². The third kappa shape index (κ3) is 6.26. The van der Waals surface area contributed by atoms with E-state index >= 15 is 0 Å². The Bertz CT molecular complexity index is 846. The quantitative estimate of drug-likeness (QED) is 0.412. The number of hydrogen-bond donors (Lipinski definition) is 4. The van der Waals surface area contributed by atoms with Crippen LogP contribution in [0.25, 0.3) is 0 Å². The Morgan fingerprint density at radius 3 is 2.90 bits per heavy atom. The van der Waals surface area contributed by atoms with Crippen LogP contribution in [0.4, 0.5) is 0 Å². The van der Waals surface area contributed by atoms with Gasteiger partial charge in [-0.05, 0) is 43.0 Å². The number of allylic oxidation sites excluding steroid dienone is 1. The molecular formula is C23H31N2O5+. The monoisotopic (exact) mass is 415 g/mol. The lowest BCUT2D eigenvalue weighted by Gasteiger charge is -2.15. The number of aliphatic imine (C=N–C) groups is 1. The molecule has 3 atom stereocenters. The van der Waals surface area contributed by atoms with E-state index in [1.807, 2.05) is 19.2 Å². The molecule has 0 fully saturated rings. The lowest BCUT2D eigenvalue weighted by Crippen LogP contribution is -3.07. The molecule has 0 spiro atoms. The highest BCUT2D eigenvalue weighted by Gasteiger charge is 2.25. The van der Waals surface area contributed by atoms with Gasteiger partial charge in [-0.15, -0.1) is 0 Å². The number of phenolic OH excluding ortho intramolecular Hbond substituents is 1. The van der Waals surface area contributed by atoms with Crippen LogP contribution in [-0.2, 0) is 11.2 Å². The number of nitrogens with zero attached hydrogens (tertiary/aromatic N) is 1. The summed E-state index contributed by atoms with van der Waals surface area (Å²) < 4.78 is 5.80. The molecule has 7 nitrogen and oxygen atoms in total. The molecule has 4 N–H and O–H groups in total. The number of aliphatic hydroxyl groups is 2. The molecule has 2 aliphatic heterocycles. The van der Waals surface area contributed by atoms with Gasteiger partial charge in [0.25, 0.3) is 0 Å². The van der Waals surface area contributed by atoms with E-state index in [0.717, 1.165) is 29.1 Å². The van der Waals surface area contributed by atoms with Crippen molar-refractivity contribution in [1.29, 1.82) is 0 Å². The summed E-state index contributed by atoms with van der Waals surface area (Å²) in [6, 6.07) is 5.10. The number of phenols is 1. The van der Waals surface area contributed by atoms with E-state index < -0.39 is 12.2 Å². The number of quaternary nitrogens is 1. The summed E-state index contributed by atoms with van der Waals surface area (Å²) in [5.74, 6) is 0.410. The van der Waals surface area contributed by atoms with Gasteiger partial charge < -0.3 is 20.1 Å². The summed E-state index contributed by atoms with van der Waals surface area (Å²) in [4.78, 5) is 17.5. The second kappa shape index (κ2) is 10.5. The molecule has 0 saturated carbocycles. The number of fused-ring (bicyclic) bond motifs is 1. The van der Waals surface area contributed by atoms with Gasteiger partial charge in [0.05, 0.1) is 12.2 Å². The molecule has 2 aliphatic rings. The molecule has 1 aromatic rings. The zero-order chi connectivity index (χ0) is 21.5. The van der Waals surface area contributed by atoms with Gasteiger partial charge >= 0.3 is 0 Å². The van der Waals surface area contributed by atoms with Crippen LogP contribution < -0.4 is 9.64 Å². The number of hydrogen-bond acceptors (Lipinski definition) is 6. The van der Waals surface area contributed by atoms with Gasteiger partial charge in [0.2, 0.25) is 6.73 Å². The van der Waals surface area contributed by atoms with E-state index in [9.17, 15) is 20.1 Å². The molecule has 0 aliphatic carbocycles. The van der Waals surface area contributed by atoms with Crippen LogP contribution in [-0.4, -0.2) is 52.8 Å².